The van der Waals surface area contributed by atoms with Gasteiger partial charge in [-0.05, 0) is 43.9 Å². The van der Waals surface area contributed by atoms with Crippen molar-refractivity contribution < 1.29 is 38.5 Å². The van der Waals surface area contributed by atoms with E-state index in [9.17, 15) is 18.8 Å². The summed E-state index contributed by atoms with van der Waals surface area (Å²) in [6.07, 6.45) is 5.30. The summed E-state index contributed by atoms with van der Waals surface area (Å²) in [5.74, 6) is -1.50. The standard InChI is InChI=1S/C24H25ClFN5O3.C4H4O4.CH4/c1-33-19-12-18-15(22(29-13-28-18)31-17-4-2-3-16(25)21(17)26)11-20(19)34-14-5-7-24(8-6-14)23(32)27-9-10-30-24;5-3(6)1-2-4(7)8;/h2-4,11-14,30H,5-10H2,1H3,(H,27,32)(H,28,29,31);1-2H,(H,5,6)(H,7,8);1H4/b;2-1+;. The topological polar surface area (TPSA) is 172 Å². The first-order valence-electron chi connectivity index (χ1n) is 13.0. The average Bonchev–Trinajstić information content (AvgIpc) is 2.97. The van der Waals surface area contributed by atoms with Crippen molar-refractivity contribution >= 4 is 51.9 Å². The van der Waals surface area contributed by atoms with Gasteiger partial charge in [-0.15, -0.1) is 0 Å². The Morgan fingerprint density at radius 1 is 1.12 bits per heavy atom. The smallest absolute Gasteiger partial charge is 0.328 e. The lowest BCUT2D eigenvalue weighted by Crippen LogP contribution is -2.64. The van der Waals surface area contributed by atoms with Gasteiger partial charge in [0.1, 0.15) is 12.1 Å². The number of carbonyl (C=O) groups is 3. The van der Waals surface area contributed by atoms with Crippen LogP contribution in [0.5, 0.6) is 11.5 Å². The molecule has 3 aromatic rings. The number of aromatic nitrogens is 2. The van der Waals surface area contributed by atoms with E-state index >= 15 is 0 Å². The number of hydrogen-bond acceptors (Lipinski definition) is 9. The molecule has 43 heavy (non-hydrogen) atoms. The Morgan fingerprint density at radius 3 is 2.44 bits per heavy atom. The molecule has 5 N–H and O–H groups in total. The van der Waals surface area contributed by atoms with Crippen LogP contribution in [0.4, 0.5) is 15.9 Å². The number of halogens is 2. The Labute approximate surface area is 252 Å². The molecular formula is C29H33ClFN5O7. The molecule has 1 saturated carbocycles. The van der Waals surface area contributed by atoms with Crippen molar-refractivity contribution in [3.63, 3.8) is 0 Å². The molecule has 2 heterocycles. The van der Waals surface area contributed by atoms with Crippen molar-refractivity contribution in [2.75, 3.05) is 25.5 Å². The zero-order valence-electron chi connectivity index (χ0n) is 22.5. The highest BCUT2D eigenvalue weighted by Crippen LogP contribution is 2.38. The monoisotopic (exact) mass is 617 g/mol. The molecule has 1 spiro atoms. The summed E-state index contributed by atoms with van der Waals surface area (Å²) in [5.41, 5.74) is 0.328. The molecule has 0 radical (unpaired) electrons. The van der Waals surface area contributed by atoms with Crippen LogP contribution in [0.1, 0.15) is 33.1 Å². The van der Waals surface area contributed by atoms with Gasteiger partial charge in [-0.3, -0.25) is 4.79 Å². The van der Waals surface area contributed by atoms with Crippen LogP contribution in [0.25, 0.3) is 10.9 Å². The van der Waals surface area contributed by atoms with Gasteiger partial charge < -0.3 is 35.6 Å². The number of carboxylic acids is 2. The van der Waals surface area contributed by atoms with Gasteiger partial charge in [0.25, 0.3) is 0 Å². The summed E-state index contributed by atoms with van der Waals surface area (Å²) in [5, 5.41) is 25.7. The number of ether oxygens (including phenoxy) is 2. The van der Waals surface area contributed by atoms with Crippen molar-refractivity contribution in [1.29, 1.82) is 0 Å². The zero-order chi connectivity index (χ0) is 30.3. The first-order valence-corrected chi connectivity index (χ1v) is 13.4. The van der Waals surface area contributed by atoms with Crippen LogP contribution in [0, 0.1) is 5.82 Å². The van der Waals surface area contributed by atoms with E-state index in [2.05, 4.69) is 25.9 Å². The van der Waals surface area contributed by atoms with Crippen molar-refractivity contribution in [2.24, 2.45) is 0 Å². The van der Waals surface area contributed by atoms with Crippen LogP contribution in [-0.2, 0) is 14.4 Å². The van der Waals surface area contributed by atoms with Gasteiger partial charge in [-0.2, -0.15) is 0 Å². The normalized spacial score (nSPS) is 19.5. The molecule has 1 saturated heterocycles. The fourth-order valence-corrected chi connectivity index (χ4v) is 4.97. The maximum atomic E-state index is 14.5. The summed E-state index contributed by atoms with van der Waals surface area (Å²) in [6.45, 7) is 1.44. The van der Waals surface area contributed by atoms with E-state index in [-0.39, 0.29) is 30.1 Å². The summed E-state index contributed by atoms with van der Waals surface area (Å²) in [4.78, 5) is 40.2. The molecule has 1 aliphatic heterocycles. The van der Waals surface area contributed by atoms with E-state index in [0.717, 1.165) is 19.4 Å². The van der Waals surface area contributed by atoms with Gasteiger partial charge >= 0.3 is 11.9 Å². The highest BCUT2D eigenvalue weighted by molar-refractivity contribution is 6.31. The molecule has 230 valence electrons. The fraction of sp³-hybridized carbons (Fsp3) is 0.345. The number of aliphatic carboxylic acids is 2. The summed E-state index contributed by atoms with van der Waals surface area (Å²) >= 11 is 5.92. The number of carboxylic acid groups (broad SMARTS) is 2. The molecule has 0 atom stereocenters. The Balaban J connectivity index is 0.000000497. The van der Waals surface area contributed by atoms with Crippen molar-refractivity contribution in [3.05, 3.63) is 59.7 Å². The Kier molecular flexibility index (Phi) is 11.2. The maximum absolute atomic E-state index is 14.5. The van der Waals surface area contributed by atoms with E-state index in [1.807, 2.05) is 0 Å². The number of fused-ring (bicyclic) bond motifs is 1. The number of piperazine rings is 1. The molecule has 14 heteroatoms. The van der Waals surface area contributed by atoms with Crippen LogP contribution in [0.15, 0.2) is 48.8 Å². The van der Waals surface area contributed by atoms with Gasteiger partial charge in [0.15, 0.2) is 17.3 Å². The third-order valence-electron chi connectivity index (χ3n) is 6.88. The average molecular weight is 618 g/mol. The highest BCUT2D eigenvalue weighted by atomic mass is 35.5. The predicted octanol–water partition coefficient (Wildman–Crippen LogP) is 4.30. The van der Waals surface area contributed by atoms with Crippen molar-refractivity contribution in [3.8, 4) is 11.5 Å². The van der Waals surface area contributed by atoms with E-state index in [4.69, 9.17) is 31.3 Å². The summed E-state index contributed by atoms with van der Waals surface area (Å²) in [6, 6.07) is 8.30. The molecule has 1 aromatic heterocycles. The largest absolute Gasteiger partial charge is 0.493 e. The first-order chi connectivity index (χ1) is 20.1. The molecule has 2 fully saturated rings. The minimum atomic E-state index is -1.26. The van der Waals surface area contributed by atoms with Crippen LogP contribution >= 0.6 is 11.6 Å². The molecule has 2 aliphatic rings. The maximum Gasteiger partial charge on any atom is 0.328 e. The lowest BCUT2D eigenvalue weighted by Gasteiger charge is -2.42. The van der Waals surface area contributed by atoms with Crippen molar-refractivity contribution in [2.45, 2.75) is 44.8 Å². The molecule has 2 aromatic carbocycles. The number of anilines is 2. The number of amides is 1. The van der Waals surface area contributed by atoms with Gasteiger partial charge in [-0.1, -0.05) is 25.1 Å². The van der Waals surface area contributed by atoms with Gasteiger partial charge in [0, 0.05) is 36.7 Å². The summed E-state index contributed by atoms with van der Waals surface area (Å²) < 4.78 is 26.4. The second-order valence-electron chi connectivity index (χ2n) is 9.56. The Bertz CT molecular complexity index is 1500. The minimum absolute atomic E-state index is 0. The summed E-state index contributed by atoms with van der Waals surface area (Å²) in [7, 11) is 1.57. The number of nitrogens with one attached hydrogen (secondary N) is 3. The molecule has 5 rings (SSSR count). The first kappa shape index (κ1) is 33.0. The molecule has 1 aliphatic carbocycles. The lowest BCUT2D eigenvalue weighted by molar-refractivity contribution is -0.134. The zero-order valence-corrected chi connectivity index (χ0v) is 23.3. The molecule has 0 unspecified atom stereocenters. The Hall–Kier alpha value is -4.49. The molecule has 0 bridgehead atoms. The quantitative estimate of drug-likeness (QED) is 0.239. The predicted molar refractivity (Wildman–Crippen MR) is 159 cm³/mol. The minimum Gasteiger partial charge on any atom is -0.493 e. The van der Waals surface area contributed by atoms with Crippen LogP contribution in [0.2, 0.25) is 5.02 Å². The highest BCUT2D eigenvalue weighted by Gasteiger charge is 2.43. The van der Waals surface area contributed by atoms with Gasteiger partial charge in [0.2, 0.25) is 5.91 Å². The number of rotatable bonds is 7. The third kappa shape index (κ3) is 8.08. The van der Waals surface area contributed by atoms with Crippen LogP contribution < -0.4 is 25.4 Å². The molecule has 12 nitrogen and oxygen atoms in total. The van der Waals surface area contributed by atoms with Crippen LogP contribution in [-0.4, -0.2) is 69.9 Å². The number of hydrogen-bond donors (Lipinski definition) is 5. The van der Waals surface area contributed by atoms with E-state index in [1.165, 1.54) is 12.4 Å². The molecular weight excluding hydrogens is 585 g/mol. The van der Waals surface area contributed by atoms with Gasteiger partial charge in [0.05, 0.1) is 35.0 Å². The van der Waals surface area contributed by atoms with Crippen LogP contribution in [0.3, 0.4) is 0 Å². The van der Waals surface area contributed by atoms with E-state index < -0.39 is 23.3 Å². The number of carbonyl (C=O) groups excluding carboxylic acids is 1. The molecule has 1 amide bonds. The number of nitrogens with zero attached hydrogens (tertiary/aromatic N) is 2. The second-order valence-corrected chi connectivity index (χ2v) is 9.97. The van der Waals surface area contributed by atoms with Gasteiger partial charge in [-0.25, -0.2) is 23.9 Å². The van der Waals surface area contributed by atoms with E-state index in [1.54, 1.807) is 31.4 Å². The third-order valence-corrected chi connectivity index (χ3v) is 7.17. The second kappa shape index (κ2) is 14.6. The van der Waals surface area contributed by atoms with Crippen molar-refractivity contribution in [1.82, 2.24) is 20.6 Å². The number of methoxy groups -OCH3 is 1. The SMILES string of the molecule is C.COc1cc2ncnc(Nc3cccc(Cl)c3F)c2cc1OC1CCC2(CC1)NCCNC2=O.O=C(O)/C=C/C(=O)O. The Morgan fingerprint density at radius 2 is 1.81 bits per heavy atom. The lowest BCUT2D eigenvalue weighted by atomic mass is 9.78. The number of benzene rings is 2. The van der Waals surface area contributed by atoms with E-state index in [0.29, 0.717) is 59.8 Å². The fourth-order valence-electron chi connectivity index (χ4n) is 4.80.